The predicted molar refractivity (Wildman–Crippen MR) is 66.6 cm³/mol. The molecule has 0 saturated carbocycles. The number of hydrogen-bond acceptors (Lipinski definition) is 4. The number of imide groups is 1. The number of thioether (sulfide) groups is 1. The van der Waals surface area contributed by atoms with E-state index >= 15 is 0 Å². The van der Waals surface area contributed by atoms with E-state index in [-0.39, 0.29) is 12.5 Å². The molecule has 1 unspecified atom stereocenters. The molecule has 1 fully saturated rings. The van der Waals surface area contributed by atoms with Crippen LogP contribution in [0.4, 0.5) is 0 Å². The summed E-state index contributed by atoms with van der Waals surface area (Å²) in [5.41, 5.74) is 0. The van der Waals surface area contributed by atoms with Crippen LogP contribution in [0.25, 0.3) is 0 Å². The van der Waals surface area contributed by atoms with E-state index in [4.69, 9.17) is 0 Å². The molecule has 3 amide bonds. The molecule has 1 rings (SSSR count). The van der Waals surface area contributed by atoms with Gasteiger partial charge in [0.2, 0.25) is 17.7 Å². The van der Waals surface area contributed by atoms with Gasteiger partial charge in [-0.2, -0.15) is 11.8 Å². The summed E-state index contributed by atoms with van der Waals surface area (Å²) in [5.74, 6) is 0.338. The summed E-state index contributed by atoms with van der Waals surface area (Å²) in [4.78, 5) is 35.7. The highest BCUT2D eigenvalue weighted by Crippen LogP contribution is 2.10. The first-order chi connectivity index (χ1) is 8.06. The quantitative estimate of drug-likeness (QED) is 0.572. The number of piperazine rings is 1. The maximum Gasteiger partial charge on any atom is 0.249 e. The molecule has 5 nitrogen and oxygen atoms in total. The Morgan fingerprint density at radius 2 is 2.24 bits per heavy atom. The minimum Gasteiger partial charge on any atom is -0.321 e. The molecule has 1 saturated heterocycles. The van der Waals surface area contributed by atoms with Crippen LogP contribution in [0.15, 0.2) is 0 Å². The van der Waals surface area contributed by atoms with Crippen LogP contribution in [-0.4, -0.2) is 46.7 Å². The molecule has 1 aliphatic heterocycles. The van der Waals surface area contributed by atoms with Crippen LogP contribution in [0.2, 0.25) is 0 Å². The van der Waals surface area contributed by atoms with E-state index in [1.54, 1.807) is 18.7 Å². The number of carbonyl (C=O) groups excluding carboxylic acids is 3. The molecule has 0 aromatic heterocycles. The molecular formula is C11H18N2O3S. The summed E-state index contributed by atoms with van der Waals surface area (Å²) in [6.45, 7) is 3.72. The van der Waals surface area contributed by atoms with E-state index in [0.29, 0.717) is 5.75 Å². The van der Waals surface area contributed by atoms with Gasteiger partial charge >= 0.3 is 0 Å². The van der Waals surface area contributed by atoms with Crippen molar-refractivity contribution in [3.63, 3.8) is 0 Å². The van der Waals surface area contributed by atoms with Gasteiger partial charge in [-0.05, 0) is 19.1 Å². The number of rotatable bonds is 5. The van der Waals surface area contributed by atoms with E-state index in [0.717, 1.165) is 18.6 Å². The summed E-state index contributed by atoms with van der Waals surface area (Å²) in [5, 5.41) is 2.21. The molecule has 0 spiro atoms. The molecule has 6 heteroatoms. The Bertz CT molecular complexity index is 320. The Morgan fingerprint density at radius 3 is 2.88 bits per heavy atom. The third-order valence-corrected chi connectivity index (χ3v) is 3.64. The number of nitrogens with zero attached hydrogens (tertiary/aromatic N) is 1. The molecule has 17 heavy (non-hydrogen) atoms. The summed E-state index contributed by atoms with van der Waals surface area (Å²) < 4.78 is 0. The van der Waals surface area contributed by atoms with Gasteiger partial charge in [0.05, 0.1) is 5.75 Å². The zero-order valence-corrected chi connectivity index (χ0v) is 11.0. The van der Waals surface area contributed by atoms with Gasteiger partial charge in [-0.25, -0.2) is 0 Å². The van der Waals surface area contributed by atoms with Crippen molar-refractivity contribution in [1.29, 1.82) is 0 Å². The van der Waals surface area contributed by atoms with Crippen molar-refractivity contribution in [1.82, 2.24) is 10.2 Å². The van der Waals surface area contributed by atoms with Gasteiger partial charge in [0.15, 0.2) is 0 Å². The molecule has 0 aromatic carbocycles. The highest BCUT2D eigenvalue weighted by molar-refractivity contribution is 7.99. The molecule has 0 bridgehead atoms. The van der Waals surface area contributed by atoms with Crippen molar-refractivity contribution in [3.8, 4) is 0 Å². The minimum atomic E-state index is -0.549. The molecule has 0 aromatic rings. The van der Waals surface area contributed by atoms with Crippen LogP contribution >= 0.6 is 11.8 Å². The normalized spacial score (nSPS) is 20.4. The number of hydrogen-bond donors (Lipinski definition) is 1. The maximum atomic E-state index is 11.8. The average Bonchev–Trinajstić information content (AvgIpc) is 2.29. The average molecular weight is 258 g/mol. The lowest BCUT2D eigenvalue weighted by Crippen LogP contribution is -2.59. The predicted octanol–water partition coefficient (Wildman–Crippen LogP) is 0.393. The standard InChI is InChI=1S/C11H18N2O3S/c1-3-4-5-17-7-10(15)13-6-9(14)12-11(16)8(13)2/h8H,3-7H2,1-2H3,(H,12,14,16). The van der Waals surface area contributed by atoms with Crippen molar-refractivity contribution in [2.45, 2.75) is 32.7 Å². The molecule has 1 N–H and O–H groups in total. The molecule has 1 heterocycles. The topological polar surface area (TPSA) is 66.5 Å². The minimum absolute atomic E-state index is 0.0138. The van der Waals surface area contributed by atoms with Crippen LogP contribution in [0.5, 0.6) is 0 Å². The second-order valence-corrected chi connectivity index (χ2v) is 5.12. The van der Waals surface area contributed by atoms with Crippen molar-refractivity contribution in [3.05, 3.63) is 0 Å². The third-order valence-electron chi connectivity index (χ3n) is 2.61. The van der Waals surface area contributed by atoms with Crippen molar-refractivity contribution >= 4 is 29.5 Å². The fraction of sp³-hybridized carbons (Fsp3) is 0.727. The van der Waals surface area contributed by atoms with Gasteiger partial charge in [-0.1, -0.05) is 13.3 Å². The molecule has 96 valence electrons. The Hall–Kier alpha value is -1.04. The Morgan fingerprint density at radius 1 is 1.53 bits per heavy atom. The monoisotopic (exact) mass is 258 g/mol. The lowest BCUT2D eigenvalue weighted by atomic mass is 10.2. The van der Waals surface area contributed by atoms with E-state index < -0.39 is 17.9 Å². The molecule has 1 atom stereocenters. The van der Waals surface area contributed by atoms with E-state index in [2.05, 4.69) is 12.2 Å². The third kappa shape index (κ3) is 4.03. The largest absolute Gasteiger partial charge is 0.321 e. The summed E-state index contributed by atoms with van der Waals surface area (Å²) in [7, 11) is 0. The van der Waals surface area contributed by atoms with Gasteiger partial charge in [0.25, 0.3) is 0 Å². The Kier molecular flexibility index (Phi) is 5.47. The fourth-order valence-corrected chi connectivity index (χ4v) is 2.49. The van der Waals surface area contributed by atoms with Gasteiger partial charge in [0, 0.05) is 0 Å². The van der Waals surface area contributed by atoms with Crippen molar-refractivity contribution in [2.24, 2.45) is 0 Å². The van der Waals surface area contributed by atoms with Gasteiger partial charge in [0.1, 0.15) is 12.6 Å². The second kappa shape index (κ2) is 6.64. The molecule has 1 aliphatic rings. The van der Waals surface area contributed by atoms with Crippen molar-refractivity contribution in [2.75, 3.05) is 18.1 Å². The summed E-state index contributed by atoms with van der Waals surface area (Å²) in [6.07, 6.45) is 2.18. The van der Waals surface area contributed by atoms with Crippen LogP contribution in [-0.2, 0) is 14.4 Å². The van der Waals surface area contributed by atoms with Gasteiger partial charge in [-0.3, -0.25) is 19.7 Å². The fourth-order valence-electron chi connectivity index (χ4n) is 1.51. The zero-order valence-electron chi connectivity index (χ0n) is 10.2. The first kappa shape index (κ1) is 14.0. The highest BCUT2D eigenvalue weighted by Gasteiger charge is 2.32. The lowest BCUT2D eigenvalue weighted by molar-refractivity contribution is -0.148. The zero-order chi connectivity index (χ0) is 12.8. The van der Waals surface area contributed by atoms with Crippen LogP contribution in [0.1, 0.15) is 26.7 Å². The number of amides is 3. The summed E-state index contributed by atoms with van der Waals surface area (Å²) in [6, 6.07) is -0.549. The molecular weight excluding hydrogens is 240 g/mol. The van der Waals surface area contributed by atoms with Gasteiger partial charge < -0.3 is 4.90 Å². The van der Waals surface area contributed by atoms with Crippen LogP contribution < -0.4 is 5.32 Å². The second-order valence-electron chi connectivity index (χ2n) is 4.02. The van der Waals surface area contributed by atoms with Crippen LogP contribution in [0, 0.1) is 0 Å². The van der Waals surface area contributed by atoms with E-state index in [1.165, 1.54) is 4.90 Å². The smallest absolute Gasteiger partial charge is 0.249 e. The lowest BCUT2D eigenvalue weighted by Gasteiger charge is -2.31. The van der Waals surface area contributed by atoms with Crippen LogP contribution in [0.3, 0.4) is 0 Å². The maximum absolute atomic E-state index is 11.8. The first-order valence-electron chi connectivity index (χ1n) is 5.77. The van der Waals surface area contributed by atoms with Gasteiger partial charge in [-0.15, -0.1) is 0 Å². The first-order valence-corrected chi connectivity index (χ1v) is 6.92. The Labute approximate surface area is 105 Å². The highest BCUT2D eigenvalue weighted by atomic mass is 32.2. The summed E-state index contributed by atoms with van der Waals surface area (Å²) >= 11 is 1.55. The van der Waals surface area contributed by atoms with E-state index in [1.807, 2.05) is 0 Å². The van der Waals surface area contributed by atoms with Crippen molar-refractivity contribution < 1.29 is 14.4 Å². The number of nitrogens with one attached hydrogen (secondary N) is 1. The molecule has 0 aliphatic carbocycles. The number of carbonyl (C=O) groups is 3. The number of unbranched alkanes of at least 4 members (excludes halogenated alkanes) is 1. The Balaban J connectivity index is 2.44. The van der Waals surface area contributed by atoms with E-state index in [9.17, 15) is 14.4 Å². The SMILES string of the molecule is CCCCSCC(=O)N1CC(=O)NC(=O)C1C. The molecule has 0 radical (unpaired) electrons.